The largest absolute Gasteiger partial charge is 0.302 e. The van der Waals surface area contributed by atoms with E-state index < -0.39 is 0 Å². The molecule has 2 aromatic carbocycles. The molecule has 2 nitrogen and oxygen atoms in total. The van der Waals surface area contributed by atoms with Gasteiger partial charge in [-0.25, -0.2) is 0 Å². The first-order valence-corrected chi connectivity index (χ1v) is 8.78. The molecule has 0 saturated carbocycles. The summed E-state index contributed by atoms with van der Waals surface area (Å²) in [5.41, 5.74) is 2.04. The summed E-state index contributed by atoms with van der Waals surface area (Å²) in [5.74, 6) is 0.266. The molecule has 0 spiro atoms. The number of fused-ring (bicyclic) bond motifs is 1. The SMILES string of the molecule is Cc1cccc2cc(CC(NC(C)(C)C)C(=O)C(C)(C)C)ccc12. The van der Waals surface area contributed by atoms with E-state index in [1.807, 2.05) is 20.8 Å². The highest BCUT2D eigenvalue weighted by molar-refractivity contribution is 5.90. The summed E-state index contributed by atoms with van der Waals surface area (Å²) in [5, 5.41) is 6.04. The third-order valence-corrected chi connectivity index (χ3v) is 4.27. The summed E-state index contributed by atoms with van der Waals surface area (Å²) in [7, 11) is 0. The lowest BCUT2D eigenvalue weighted by molar-refractivity contribution is -0.128. The summed E-state index contributed by atoms with van der Waals surface area (Å²) in [6.07, 6.45) is 0.719. The van der Waals surface area contributed by atoms with Crippen molar-refractivity contribution in [2.75, 3.05) is 0 Å². The van der Waals surface area contributed by atoms with Gasteiger partial charge in [-0.05, 0) is 56.0 Å². The normalized spacial score (nSPS) is 14.0. The van der Waals surface area contributed by atoms with Crippen LogP contribution < -0.4 is 5.32 Å². The van der Waals surface area contributed by atoms with E-state index in [9.17, 15) is 4.79 Å². The number of carbonyl (C=O) groups excluding carboxylic acids is 1. The topological polar surface area (TPSA) is 29.1 Å². The molecule has 2 heteroatoms. The molecule has 0 aromatic heterocycles. The Balaban J connectivity index is 2.33. The van der Waals surface area contributed by atoms with Gasteiger partial charge in [0.25, 0.3) is 0 Å². The lowest BCUT2D eigenvalue weighted by atomic mass is 9.83. The van der Waals surface area contributed by atoms with Crippen molar-refractivity contribution < 1.29 is 4.79 Å². The van der Waals surface area contributed by atoms with Gasteiger partial charge in [0.15, 0.2) is 5.78 Å². The van der Waals surface area contributed by atoms with E-state index in [1.54, 1.807) is 0 Å². The van der Waals surface area contributed by atoms with Crippen LogP contribution in [0.4, 0.5) is 0 Å². The zero-order chi connectivity index (χ0) is 18.1. The first-order valence-electron chi connectivity index (χ1n) is 8.78. The van der Waals surface area contributed by atoms with Gasteiger partial charge in [0.2, 0.25) is 0 Å². The Morgan fingerprint density at radius 3 is 2.29 bits per heavy atom. The smallest absolute Gasteiger partial charge is 0.155 e. The summed E-state index contributed by atoms with van der Waals surface area (Å²) >= 11 is 0. The maximum Gasteiger partial charge on any atom is 0.155 e. The van der Waals surface area contributed by atoms with Crippen LogP contribution in [-0.4, -0.2) is 17.4 Å². The summed E-state index contributed by atoms with van der Waals surface area (Å²) < 4.78 is 0. The van der Waals surface area contributed by atoms with E-state index in [-0.39, 0.29) is 22.8 Å². The van der Waals surface area contributed by atoms with Crippen molar-refractivity contribution in [3.05, 3.63) is 47.5 Å². The molecule has 0 saturated heterocycles. The lowest BCUT2D eigenvalue weighted by Crippen LogP contribution is -2.51. The third-order valence-electron chi connectivity index (χ3n) is 4.27. The van der Waals surface area contributed by atoms with Crippen LogP contribution in [0.2, 0.25) is 0 Å². The van der Waals surface area contributed by atoms with Gasteiger partial charge in [0, 0.05) is 11.0 Å². The standard InChI is InChI=1S/C22H31NO/c1-15-9-8-10-17-13-16(11-12-18(15)17)14-19(23-22(5,6)7)20(24)21(2,3)4/h8-13,19,23H,14H2,1-7H3. The van der Waals surface area contributed by atoms with Gasteiger partial charge in [-0.2, -0.15) is 0 Å². The Bertz CT molecular complexity index is 732. The molecule has 1 unspecified atom stereocenters. The van der Waals surface area contributed by atoms with Gasteiger partial charge >= 0.3 is 0 Å². The third kappa shape index (κ3) is 4.67. The Labute approximate surface area is 146 Å². The van der Waals surface area contributed by atoms with Crippen LogP contribution >= 0.6 is 0 Å². The fourth-order valence-corrected chi connectivity index (χ4v) is 3.11. The predicted octanol–water partition coefficient (Wildman–Crippen LogP) is 5.06. The highest BCUT2D eigenvalue weighted by Gasteiger charge is 2.32. The Morgan fingerprint density at radius 1 is 1.04 bits per heavy atom. The molecule has 130 valence electrons. The second-order valence-electron chi connectivity index (χ2n) is 8.90. The summed E-state index contributed by atoms with van der Waals surface area (Å²) in [6.45, 7) is 14.5. The van der Waals surface area contributed by atoms with Crippen molar-refractivity contribution in [2.45, 2.75) is 66.5 Å². The Hall–Kier alpha value is -1.67. The minimum Gasteiger partial charge on any atom is -0.302 e. The van der Waals surface area contributed by atoms with Crippen molar-refractivity contribution in [3.8, 4) is 0 Å². The maximum absolute atomic E-state index is 12.9. The van der Waals surface area contributed by atoms with Crippen LogP contribution in [0.25, 0.3) is 10.8 Å². The number of nitrogens with one attached hydrogen (secondary N) is 1. The van der Waals surface area contributed by atoms with E-state index in [1.165, 1.54) is 21.9 Å². The summed E-state index contributed by atoms with van der Waals surface area (Å²) in [6, 6.07) is 12.7. The van der Waals surface area contributed by atoms with Crippen LogP contribution in [0.15, 0.2) is 36.4 Å². The van der Waals surface area contributed by atoms with Crippen LogP contribution in [0.5, 0.6) is 0 Å². The number of benzene rings is 2. The molecule has 0 fully saturated rings. The molecular formula is C22H31NO. The van der Waals surface area contributed by atoms with Crippen LogP contribution in [-0.2, 0) is 11.2 Å². The predicted molar refractivity (Wildman–Crippen MR) is 104 cm³/mol. The zero-order valence-corrected chi connectivity index (χ0v) is 16.2. The number of carbonyl (C=O) groups is 1. The van der Waals surface area contributed by atoms with Crippen molar-refractivity contribution in [1.82, 2.24) is 5.32 Å². The number of rotatable bonds is 4. The average molecular weight is 325 g/mol. The van der Waals surface area contributed by atoms with Crippen molar-refractivity contribution in [3.63, 3.8) is 0 Å². The fourth-order valence-electron chi connectivity index (χ4n) is 3.11. The van der Waals surface area contributed by atoms with Gasteiger partial charge in [0.05, 0.1) is 6.04 Å². The molecule has 0 aliphatic carbocycles. The molecule has 0 amide bonds. The fraction of sp³-hybridized carbons (Fsp3) is 0.500. The van der Waals surface area contributed by atoms with Gasteiger partial charge in [-0.1, -0.05) is 57.2 Å². The highest BCUT2D eigenvalue weighted by Crippen LogP contribution is 2.24. The Morgan fingerprint density at radius 2 is 1.71 bits per heavy atom. The number of aryl methyl sites for hydroxylation is 1. The molecule has 2 rings (SSSR count). The Kier molecular flexibility index (Phi) is 5.19. The average Bonchev–Trinajstić information content (AvgIpc) is 2.43. The molecule has 0 aliphatic rings. The number of hydrogen-bond donors (Lipinski definition) is 1. The zero-order valence-electron chi connectivity index (χ0n) is 16.2. The first kappa shape index (κ1) is 18.7. The molecule has 0 bridgehead atoms. The number of Topliss-reactive ketones (excluding diaryl/α,β-unsaturated/α-hetero) is 1. The molecule has 1 N–H and O–H groups in total. The first-order chi connectivity index (χ1) is 11.0. The van der Waals surface area contributed by atoms with E-state index in [0.717, 1.165) is 6.42 Å². The van der Waals surface area contributed by atoms with E-state index in [0.29, 0.717) is 0 Å². The molecular weight excluding hydrogens is 294 g/mol. The van der Waals surface area contributed by atoms with Crippen molar-refractivity contribution >= 4 is 16.6 Å². The van der Waals surface area contributed by atoms with Gasteiger partial charge in [-0.3, -0.25) is 4.79 Å². The second kappa shape index (κ2) is 6.68. The molecule has 2 aromatic rings. The van der Waals surface area contributed by atoms with E-state index >= 15 is 0 Å². The van der Waals surface area contributed by atoms with Gasteiger partial charge < -0.3 is 5.32 Å². The number of ketones is 1. The molecule has 24 heavy (non-hydrogen) atoms. The molecule has 0 heterocycles. The quantitative estimate of drug-likeness (QED) is 0.851. The second-order valence-corrected chi connectivity index (χ2v) is 8.90. The molecule has 1 atom stereocenters. The van der Waals surface area contributed by atoms with Crippen molar-refractivity contribution in [2.24, 2.45) is 5.41 Å². The maximum atomic E-state index is 12.9. The monoisotopic (exact) mass is 325 g/mol. The van der Waals surface area contributed by atoms with Crippen LogP contribution in [0.3, 0.4) is 0 Å². The molecule has 0 aliphatic heterocycles. The van der Waals surface area contributed by atoms with E-state index in [2.05, 4.69) is 69.4 Å². The summed E-state index contributed by atoms with van der Waals surface area (Å²) in [4.78, 5) is 12.9. The van der Waals surface area contributed by atoms with Crippen molar-refractivity contribution in [1.29, 1.82) is 0 Å². The van der Waals surface area contributed by atoms with Gasteiger partial charge in [-0.15, -0.1) is 0 Å². The highest BCUT2D eigenvalue weighted by atomic mass is 16.1. The van der Waals surface area contributed by atoms with Crippen LogP contribution in [0.1, 0.15) is 52.7 Å². The number of hydrogen-bond acceptors (Lipinski definition) is 2. The minimum absolute atomic E-state index is 0.0982. The van der Waals surface area contributed by atoms with E-state index in [4.69, 9.17) is 0 Å². The molecule has 0 radical (unpaired) electrons. The van der Waals surface area contributed by atoms with Crippen LogP contribution in [0, 0.1) is 12.3 Å². The van der Waals surface area contributed by atoms with Gasteiger partial charge in [0.1, 0.15) is 0 Å². The lowest BCUT2D eigenvalue weighted by Gasteiger charge is -2.32. The minimum atomic E-state index is -0.351.